The molecule has 0 aliphatic carbocycles. The van der Waals surface area contributed by atoms with Crippen LogP contribution in [0.1, 0.15) is 348 Å². The lowest BCUT2D eigenvalue weighted by Crippen LogP contribution is -2.30. The molecule has 0 fully saturated rings. The van der Waals surface area contributed by atoms with Crippen LogP contribution in [-0.2, 0) is 28.6 Å². The van der Waals surface area contributed by atoms with Crippen molar-refractivity contribution in [2.45, 2.75) is 354 Å². The van der Waals surface area contributed by atoms with Gasteiger partial charge in [0.1, 0.15) is 13.2 Å². The van der Waals surface area contributed by atoms with Gasteiger partial charge in [0.05, 0.1) is 0 Å². The van der Waals surface area contributed by atoms with Crippen LogP contribution >= 0.6 is 0 Å². The highest BCUT2D eigenvalue weighted by Gasteiger charge is 2.19. The van der Waals surface area contributed by atoms with Crippen molar-refractivity contribution in [3.63, 3.8) is 0 Å². The second kappa shape index (κ2) is 59.5. The van der Waals surface area contributed by atoms with Gasteiger partial charge in [0, 0.05) is 19.3 Å². The maximum atomic E-state index is 12.8. The fourth-order valence-corrected chi connectivity index (χ4v) is 9.48. The number of rotatable bonds is 58. The highest BCUT2D eigenvalue weighted by atomic mass is 16.6. The number of carbonyl (C=O) groups excluding carboxylic acids is 3. The summed E-state index contributed by atoms with van der Waals surface area (Å²) < 4.78 is 16.8. The van der Waals surface area contributed by atoms with E-state index in [1.54, 1.807) is 0 Å². The zero-order valence-corrected chi connectivity index (χ0v) is 47.3. The van der Waals surface area contributed by atoms with E-state index >= 15 is 0 Å². The van der Waals surface area contributed by atoms with Crippen molar-refractivity contribution in [3.05, 3.63) is 24.3 Å². The predicted octanol–water partition coefficient (Wildman–Crippen LogP) is 21.1. The van der Waals surface area contributed by atoms with Crippen molar-refractivity contribution < 1.29 is 28.6 Å². The Morgan fingerprint density at radius 2 is 0.514 bits per heavy atom. The molecular weight excluding hydrogens is 865 g/mol. The number of hydrogen-bond acceptors (Lipinski definition) is 6. The molecule has 0 radical (unpaired) electrons. The van der Waals surface area contributed by atoms with Gasteiger partial charge in [0.15, 0.2) is 6.10 Å². The first-order chi connectivity index (χ1) is 34.5. The molecule has 0 saturated heterocycles. The van der Waals surface area contributed by atoms with Crippen LogP contribution in [0.15, 0.2) is 24.3 Å². The Bertz CT molecular complexity index is 1130. The highest BCUT2D eigenvalue weighted by Crippen LogP contribution is 2.18. The molecule has 1 unspecified atom stereocenters. The largest absolute Gasteiger partial charge is 0.462 e. The first-order valence-corrected chi connectivity index (χ1v) is 31.3. The smallest absolute Gasteiger partial charge is 0.306 e. The summed E-state index contributed by atoms with van der Waals surface area (Å²) >= 11 is 0. The monoisotopic (exact) mass is 985 g/mol. The van der Waals surface area contributed by atoms with E-state index in [-0.39, 0.29) is 31.1 Å². The van der Waals surface area contributed by atoms with E-state index in [1.165, 1.54) is 244 Å². The summed E-state index contributed by atoms with van der Waals surface area (Å²) in [6.45, 7) is 6.66. The molecule has 0 aliphatic rings. The van der Waals surface area contributed by atoms with Gasteiger partial charge in [0.25, 0.3) is 0 Å². The van der Waals surface area contributed by atoms with Crippen molar-refractivity contribution >= 4 is 17.9 Å². The molecule has 6 heteroatoms. The topological polar surface area (TPSA) is 78.9 Å². The van der Waals surface area contributed by atoms with E-state index in [1.807, 2.05) is 0 Å². The standard InChI is InChI=1S/C64H120O6/c1-4-7-10-13-16-19-22-23-24-25-26-27-28-29-30-31-32-33-34-35-36-37-38-39-40-41-43-45-48-51-54-57-63(66)69-60-61(59-68-62(65)56-53-50-47-44-21-18-15-12-9-6-3)70-64(67)58-55-52-49-46-42-20-17-14-11-8-5-2/h22-23,25-26,61H,4-21,24,27-60H2,1-3H3/b23-22-,26-25-. The molecule has 0 aromatic rings. The predicted molar refractivity (Wildman–Crippen MR) is 303 cm³/mol. The second-order valence-electron chi connectivity index (χ2n) is 21.3. The van der Waals surface area contributed by atoms with Gasteiger partial charge in [-0.1, -0.05) is 302 Å². The molecule has 0 aromatic heterocycles. The van der Waals surface area contributed by atoms with Gasteiger partial charge < -0.3 is 14.2 Å². The molecule has 0 rings (SSSR count). The summed E-state index contributed by atoms with van der Waals surface area (Å²) in [6, 6.07) is 0. The fourth-order valence-electron chi connectivity index (χ4n) is 9.48. The summed E-state index contributed by atoms with van der Waals surface area (Å²) in [6.07, 6.45) is 70.7. The van der Waals surface area contributed by atoms with Gasteiger partial charge in [-0.05, 0) is 51.4 Å². The molecule has 6 nitrogen and oxygen atoms in total. The van der Waals surface area contributed by atoms with Crippen LogP contribution in [0.2, 0.25) is 0 Å². The molecule has 0 amide bonds. The molecule has 0 spiro atoms. The Hall–Kier alpha value is -2.11. The summed E-state index contributed by atoms with van der Waals surface area (Å²) in [5.74, 6) is -0.845. The highest BCUT2D eigenvalue weighted by molar-refractivity contribution is 5.71. The van der Waals surface area contributed by atoms with Crippen LogP contribution < -0.4 is 0 Å². The van der Waals surface area contributed by atoms with Crippen molar-refractivity contribution in [1.82, 2.24) is 0 Å². The average Bonchev–Trinajstić information content (AvgIpc) is 3.36. The molecular formula is C64H120O6. The van der Waals surface area contributed by atoms with Crippen LogP contribution in [-0.4, -0.2) is 37.2 Å². The zero-order valence-electron chi connectivity index (χ0n) is 47.3. The summed E-state index contributed by atoms with van der Waals surface area (Å²) in [5, 5.41) is 0. The number of esters is 3. The molecule has 412 valence electrons. The Balaban J connectivity index is 3.99. The summed E-state index contributed by atoms with van der Waals surface area (Å²) in [7, 11) is 0. The minimum absolute atomic E-state index is 0.0643. The quantitative estimate of drug-likeness (QED) is 0.0261. The van der Waals surface area contributed by atoms with Gasteiger partial charge in [0.2, 0.25) is 0 Å². The Morgan fingerprint density at radius 3 is 0.786 bits per heavy atom. The number of hydrogen-bond donors (Lipinski definition) is 0. The van der Waals surface area contributed by atoms with Crippen LogP contribution in [0.25, 0.3) is 0 Å². The normalized spacial score (nSPS) is 12.1. The van der Waals surface area contributed by atoms with Crippen LogP contribution in [0.3, 0.4) is 0 Å². The van der Waals surface area contributed by atoms with E-state index in [4.69, 9.17) is 14.2 Å². The minimum Gasteiger partial charge on any atom is -0.462 e. The summed E-state index contributed by atoms with van der Waals surface area (Å²) in [5.41, 5.74) is 0. The van der Waals surface area contributed by atoms with Crippen molar-refractivity contribution in [2.75, 3.05) is 13.2 Å². The molecule has 70 heavy (non-hydrogen) atoms. The number of carbonyl (C=O) groups is 3. The molecule has 0 N–H and O–H groups in total. The van der Waals surface area contributed by atoms with E-state index < -0.39 is 6.10 Å². The molecule has 1 atom stereocenters. The average molecular weight is 986 g/mol. The van der Waals surface area contributed by atoms with Gasteiger partial charge in [-0.3, -0.25) is 14.4 Å². The molecule has 0 heterocycles. The van der Waals surface area contributed by atoms with Crippen LogP contribution in [0.5, 0.6) is 0 Å². The third-order valence-electron chi connectivity index (χ3n) is 14.2. The molecule has 0 aliphatic heterocycles. The lowest BCUT2D eigenvalue weighted by atomic mass is 10.0. The number of ether oxygens (including phenoxy) is 3. The van der Waals surface area contributed by atoms with Crippen molar-refractivity contribution in [2.24, 2.45) is 0 Å². The third-order valence-corrected chi connectivity index (χ3v) is 14.2. The van der Waals surface area contributed by atoms with Crippen molar-refractivity contribution in [1.29, 1.82) is 0 Å². The van der Waals surface area contributed by atoms with Gasteiger partial charge in [-0.25, -0.2) is 0 Å². The Kier molecular flexibility index (Phi) is 57.7. The SMILES string of the molecule is CCCCCCC/C=C\C/C=C\CCCCCCCCCCCCCCCCCCCCCC(=O)OCC(COC(=O)CCCCCCCCCCCC)OC(=O)CCCCCCCCCCCCC. The van der Waals surface area contributed by atoms with Gasteiger partial charge >= 0.3 is 17.9 Å². The molecule has 0 aromatic carbocycles. The maximum absolute atomic E-state index is 12.8. The van der Waals surface area contributed by atoms with Crippen LogP contribution in [0, 0.1) is 0 Å². The molecule has 0 saturated carbocycles. The lowest BCUT2D eigenvalue weighted by Gasteiger charge is -2.18. The number of allylic oxidation sites excluding steroid dienone is 4. The van der Waals surface area contributed by atoms with Crippen LogP contribution in [0.4, 0.5) is 0 Å². The lowest BCUT2D eigenvalue weighted by molar-refractivity contribution is -0.167. The van der Waals surface area contributed by atoms with E-state index in [0.717, 1.165) is 64.2 Å². The van der Waals surface area contributed by atoms with E-state index in [2.05, 4.69) is 45.1 Å². The van der Waals surface area contributed by atoms with Gasteiger partial charge in [-0.15, -0.1) is 0 Å². The zero-order chi connectivity index (χ0) is 50.7. The first kappa shape index (κ1) is 67.9. The minimum atomic E-state index is -0.763. The maximum Gasteiger partial charge on any atom is 0.306 e. The fraction of sp³-hybridized carbons (Fsp3) is 0.891. The number of unbranched alkanes of at least 4 members (excludes halogenated alkanes) is 43. The second-order valence-corrected chi connectivity index (χ2v) is 21.3. The Labute approximate surface area is 436 Å². The Morgan fingerprint density at radius 1 is 0.286 bits per heavy atom. The third kappa shape index (κ3) is 56.8. The van der Waals surface area contributed by atoms with Gasteiger partial charge in [-0.2, -0.15) is 0 Å². The van der Waals surface area contributed by atoms with E-state index in [9.17, 15) is 14.4 Å². The molecule has 0 bridgehead atoms. The van der Waals surface area contributed by atoms with E-state index in [0.29, 0.717) is 19.3 Å². The van der Waals surface area contributed by atoms with Crippen molar-refractivity contribution in [3.8, 4) is 0 Å². The summed E-state index contributed by atoms with van der Waals surface area (Å²) in [4.78, 5) is 38.0. The first-order valence-electron chi connectivity index (χ1n) is 31.3.